The largest absolute Gasteiger partial charge is 0.303 e. The second-order valence-electron chi connectivity index (χ2n) is 2.82. The lowest BCUT2D eigenvalue weighted by molar-refractivity contribution is 0.550. The van der Waals surface area contributed by atoms with Crippen LogP contribution in [0, 0.1) is 0 Å². The summed E-state index contributed by atoms with van der Waals surface area (Å²) < 4.78 is 0. The molecule has 0 aromatic rings. The van der Waals surface area contributed by atoms with E-state index in [2.05, 4.69) is 30.9 Å². The summed E-state index contributed by atoms with van der Waals surface area (Å²) >= 11 is 2.06. The number of thioether (sulfide) groups is 1. The van der Waals surface area contributed by atoms with Crippen molar-refractivity contribution in [2.45, 2.75) is 38.1 Å². The van der Waals surface area contributed by atoms with Crippen LogP contribution in [0.5, 0.6) is 0 Å². The van der Waals surface area contributed by atoms with Crippen molar-refractivity contribution >= 4 is 11.8 Å². The van der Waals surface area contributed by atoms with Gasteiger partial charge in [-0.2, -0.15) is 0 Å². The van der Waals surface area contributed by atoms with E-state index in [-0.39, 0.29) is 0 Å². The van der Waals surface area contributed by atoms with E-state index in [0.29, 0.717) is 6.04 Å². The molecule has 0 bridgehead atoms. The molecule has 0 spiro atoms. The molecule has 1 heterocycles. The molecule has 0 amide bonds. The van der Waals surface area contributed by atoms with Crippen LogP contribution in [-0.4, -0.2) is 17.2 Å². The van der Waals surface area contributed by atoms with Crippen LogP contribution >= 0.6 is 11.8 Å². The number of hydrogen-bond donors (Lipinski definition) is 1. The molecule has 0 saturated carbocycles. The van der Waals surface area contributed by atoms with Crippen molar-refractivity contribution in [3.8, 4) is 0 Å². The van der Waals surface area contributed by atoms with Gasteiger partial charge < -0.3 is 5.32 Å². The summed E-state index contributed by atoms with van der Waals surface area (Å²) in [4.78, 5) is 0. The third kappa shape index (κ3) is 2.59. The van der Waals surface area contributed by atoms with Crippen LogP contribution in [0.15, 0.2) is 0 Å². The summed E-state index contributed by atoms with van der Waals surface area (Å²) in [6, 6.07) is 0.653. The molecular formula is C7H15NS. The molecule has 1 nitrogen and oxygen atoms in total. The number of hydrogen-bond acceptors (Lipinski definition) is 2. The molecule has 1 N–H and O–H groups in total. The third-order valence-electron chi connectivity index (χ3n) is 1.45. The smallest absolute Gasteiger partial charge is 0.0534 e. The molecule has 1 aliphatic heterocycles. The quantitative estimate of drug-likeness (QED) is 0.636. The maximum Gasteiger partial charge on any atom is 0.0534 e. The Kier molecular flexibility index (Phi) is 2.86. The molecule has 9 heavy (non-hydrogen) atoms. The molecule has 1 fully saturated rings. The van der Waals surface area contributed by atoms with Gasteiger partial charge in [-0.15, -0.1) is 11.8 Å². The monoisotopic (exact) mass is 145 g/mol. The summed E-state index contributed by atoms with van der Waals surface area (Å²) in [5, 5.41) is 4.26. The second-order valence-corrected chi connectivity index (χ2v) is 4.13. The minimum Gasteiger partial charge on any atom is -0.303 e. The molecule has 1 aliphatic rings. The Bertz CT molecular complexity index is 77.0. The third-order valence-corrected chi connectivity index (χ3v) is 2.75. The molecule has 0 radical (unpaired) electrons. The van der Waals surface area contributed by atoms with E-state index in [0.717, 1.165) is 5.37 Å². The molecular weight excluding hydrogens is 130 g/mol. The predicted molar refractivity (Wildman–Crippen MR) is 43.8 cm³/mol. The Hall–Kier alpha value is 0.310. The summed E-state index contributed by atoms with van der Waals surface area (Å²) in [6.45, 7) is 4.41. The van der Waals surface area contributed by atoms with Gasteiger partial charge in [-0.1, -0.05) is 0 Å². The van der Waals surface area contributed by atoms with Crippen molar-refractivity contribution in [3.63, 3.8) is 0 Å². The highest BCUT2D eigenvalue weighted by Crippen LogP contribution is 2.23. The van der Waals surface area contributed by atoms with Crippen LogP contribution in [0.4, 0.5) is 0 Å². The highest BCUT2D eigenvalue weighted by molar-refractivity contribution is 8.00. The highest BCUT2D eigenvalue weighted by Gasteiger charge is 2.14. The fraction of sp³-hybridized carbons (Fsp3) is 1.00. The van der Waals surface area contributed by atoms with E-state index in [1.165, 1.54) is 18.6 Å². The lowest BCUT2D eigenvalue weighted by atomic mass is 10.3. The second kappa shape index (κ2) is 3.47. The van der Waals surface area contributed by atoms with Gasteiger partial charge in [0.25, 0.3) is 0 Å². The summed E-state index contributed by atoms with van der Waals surface area (Å²) in [5.41, 5.74) is 0. The van der Waals surface area contributed by atoms with Gasteiger partial charge in [0.05, 0.1) is 5.37 Å². The molecule has 1 saturated heterocycles. The molecule has 54 valence electrons. The van der Waals surface area contributed by atoms with Gasteiger partial charge in [-0.25, -0.2) is 0 Å². The van der Waals surface area contributed by atoms with Crippen molar-refractivity contribution in [1.82, 2.24) is 5.32 Å². The molecule has 2 heteroatoms. The minimum atomic E-state index is 0.653. The Morgan fingerprint density at radius 3 is 2.78 bits per heavy atom. The van der Waals surface area contributed by atoms with E-state index in [1.54, 1.807) is 0 Å². The Labute approximate surface area is 61.6 Å². The van der Waals surface area contributed by atoms with Gasteiger partial charge in [0.15, 0.2) is 0 Å². The average molecular weight is 145 g/mol. The van der Waals surface area contributed by atoms with E-state index in [1.807, 2.05) is 0 Å². The maximum absolute atomic E-state index is 3.50. The van der Waals surface area contributed by atoms with Crippen molar-refractivity contribution in [3.05, 3.63) is 0 Å². The first kappa shape index (κ1) is 7.42. The van der Waals surface area contributed by atoms with Crippen LogP contribution in [0.2, 0.25) is 0 Å². The Morgan fingerprint density at radius 1 is 1.56 bits per heavy atom. The fourth-order valence-corrected chi connectivity index (χ4v) is 2.40. The summed E-state index contributed by atoms with van der Waals surface area (Å²) in [6.07, 6.45) is 2.76. The zero-order valence-electron chi connectivity index (χ0n) is 6.18. The Morgan fingerprint density at radius 2 is 2.33 bits per heavy atom. The van der Waals surface area contributed by atoms with Crippen LogP contribution in [-0.2, 0) is 0 Å². The van der Waals surface area contributed by atoms with E-state index in [9.17, 15) is 0 Å². The topological polar surface area (TPSA) is 12.0 Å². The van der Waals surface area contributed by atoms with Gasteiger partial charge in [-0.3, -0.25) is 0 Å². The number of nitrogens with one attached hydrogen (secondary N) is 1. The van der Waals surface area contributed by atoms with Gasteiger partial charge in [0.2, 0.25) is 0 Å². The normalized spacial score (nSPS) is 27.7. The SMILES string of the molecule is CC(C)NC1CCCS1. The van der Waals surface area contributed by atoms with Gasteiger partial charge in [-0.05, 0) is 32.4 Å². The highest BCUT2D eigenvalue weighted by atomic mass is 32.2. The molecule has 1 atom stereocenters. The zero-order chi connectivity index (χ0) is 6.69. The maximum atomic E-state index is 3.50. The summed E-state index contributed by atoms with van der Waals surface area (Å²) in [5.74, 6) is 1.35. The zero-order valence-corrected chi connectivity index (χ0v) is 7.00. The molecule has 1 rings (SSSR count). The molecule has 0 aromatic heterocycles. The fourth-order valence-electron chi connectivity index (χ4n) is 1.08. The molecule has 1 unspecified atom stereocenters. The van der Waals surface area contributed by atoms with Gasteiger partial charge >= 0.3 is 0 Å². The summed E-state index contributed by atoms with van der Waals surface area (Å²) in [7, 11) is 0. The standard InChI is InChI=1S/C7H15NS/c1-6(2)8-7-4-3-5-9-7/h6-8H,3-5H2,1-2H3. The van der Waals surface area contributed by atoms with Crippen molar-refractivity contribution in [2.24, 2.45) is 0 Å². The predicted octanol–water partition coefficient (Wildman–Crippen LogP) is 1.84. The van der Waals surface area contributed by atoms with Crippen molar-refractivity contribution < 1.29 is 0 Å². The first-order valence-corrected chi connectivity index (χ1v) is 4.71. The molecule has 0 aliphatic carbocycles. The Balaban J connectivity index is 2.11. The lowest BCUT2D eigenvalue weighted by Gasteiger charge is -2.13. The first-order chi connectivity index (χ1) is 4.29. The van der Waals surface area contributed by atoms with Crippen molar-refractivity contribution in [1.29, 1.82) is 0 Å². The van der Waals surface area contributed by atoms with Crippen LogP contribution in [0.25, 0.3) is 0 Å². The van der Waals surface area contributed by atoms with Gasteiger partial charge in [0, 0.05) is 6.04 Å². The lowest BCUT2D eigenvalue weighted by Crippen LogP contribution is -2.30. The van der Waals surface area contributed by atoms with Crippen LogP contribution in [0.1, 0.15) is 26.7 Å². The van der Waals surface area contributed by atoms with Gasteiger partial charge in [0.1, 0.15) is 0 Å². The van der Waals surface area contributed by atoms with Crippen molar-refractivity contribution in [2.75, 3.05) is 5.75 Å². The van der Waals surface area contributed by atoms with E-state index < -0.39 is 0 Å². The minimum absolute atomic E-state index is 0.653. The average Bonchev–Trinajstić information content (AvgIpc) is 2.15. The van der Waals surface area contributed by atoms with Crippen LogP contribution in [0.3, 0.4) is 0 Å². The van der Waals surface area contributed by atoms with E-state index in [4.69, 9.17) is 0 Å². The number of rotatable bonds is 2. The molecule has 0 aromatic carbocycles. The van der Waals surface area contributed by atoms with Crippen LogP contribution < -0.4 is 5.32 Å². The van der Waals surface area contributed by atoms with E-state index >= 15 is 0 Å². The first-order valence-electron chi connectivity index (χ1n) is 3.66.